The highest BCUT2D eigenvalue weighted by Gasteiger charge is 2.10. The van der Waals surface area contributed by atoms with Crippen molar-refractivity contribution in [2.75, 3.05) is 13.2 Å². The van der Waals surface area contributed by atoms with Crippen LogP contribution in [0.25, 0.3) is 0 Å². The molecule has 0 aliphatic carbocycles. The van der Waals surface area contributed by atoms with Gasteiger partial charge in [0, 0.05) is 31.8 Å². The lowest BCUT2D eigenvalue weighted by Crippen LogP contribution is -2.20. The molecule has 0 saturated carbocycles. The van der Waals surface area contributed by atoms with Gasteiger partial charge in [0.1, 0.15) is 0 Å². The Kier molecular flexibility index (Phi) is 4.46. The molecule has 1 heterocycles. The first-order chi connectivity index (χ1) is 6.33. The Hall–Kier alpha value is -0.900. The van der Waals surface area contributed by atoms with Crippen molar-refractivity contribution in [1.29, 1.82) is 0 Å². The van der Waals surface area contributed by atoms with Crippen LogP contribution in [0.15, 0.2) is 5.10 Å². The Labute approximate surface area is 78.3 Å². The molecule has 0 unspecified atom stereocenters. The van der Waals surface area contributed by atoms with Crippen LogP contribution in [0.4, 0.5) is 0 Å². The van der Waals surface area contributed by atoms with E-state index in [4.69, 9.17) is 4.74 Å². The van der Waals surface area contributed by atoms with E-state index in [-0.39, 0.29) is 5.91 Å². The van der Waals surface area contributed by atoms with Gasteiger partial charge in [0.25, 0.3) is 0 Å². The third-order valence-electron chi connectivity index (χ3n) is 2.06. The summed E-state index contributed by atoms with van der Waals surface area (Å²) in [7, 11) is 0. The summed E-state index contributed by atoms with van der Waals surface area (Å²) in [4.78, 5) is 10.8. The van der Waals surface area contributed by atoms with Crippen LogP contribution in [0, 0.1) is 5.92 Å². The van der Waals surface area contributed by atoms with E-state index in [1.165, 1.54) is 0 Å². The molecule has 13 heavy (non-hydrogen) atoms. The number of carbonyl (C=O) groups is 1. The smallest absolute Gasteiger partial charge is 0.239 e. The summed E-state index contributed by atoms with van der Waals surface area (Å²) in [6.07, 6.45) is 4.30. The number of amides is 1. The Morgan fingerprint density at radius 1 is 1.62 bits per heavy atom. The third kappa shape index (κ3) is 4.03. The number of rotatable bonds is 3. The molecule has 0 aromatic carbocycles. The van der Waals surface area contributed by atoms with E-state index < -0.39 is 0 Å². The number of ether oxygens (including phenoxy) is 1. The van der Waals surface area contributed by atoms with Gasteiger partial charge < -0.3 is 4.74 Å². The fourth-order valence-corrected chi connectivity index (χ4v) is 1.16. The lowest BCUT2D eigenvalue weighted by Gasteiger charge is -2.17. The van der Waals surface area contributed by atoms with E-state index in [9.17, 15) is 4.79 Å². The van der Waals surface area contributed by atoms with E-state index in [0.717, 1.165) is 26.1 Å². The minimum atomic E-state index is -0.0386. The van der Waals surface area contributed by atoms with Crippen LogP contribution < -0.4 is 5.43 Å². The fourth-order valence-electron chi connectivity index (χ4n) is 1.16. The summed E-state index contributed by atoms with van der Waals surface area (Å²) in [5, 5.41) is 3.89. The third-order valence-corrected chi connectivity index (χ3v) is 2.06. The van der Waals surface area contributed by atoms with E-state index in [1.807, 2.05) is 6.21 Å². The Balaban J connectivity index is 2.18. The van der Waals surface area contributed by atoms with E-state index in [1.54, 1.807) is 6.92 Å². The molecule has 0 aromatic heterocycles. The highest BCUT2D eigenvalue weighted by atomic mass is 16.5. The van der Waals surface area contributed by atoms with Crippen molar-refractivity contribution in [3.05, 3.63) is 0 Å². The highest BCUT2D eigenvalue weighted by Crippen LogP contribution is 2.11. The van der Waals surface area contributed by atoms with Crippen LogP contribution in [0.1, 0.15) is 26.2 Å². The zero-order valence-corrected chi connectivity index (χ0v) is 7.95. The van der Waals surface area contributed by atoms with E-state index in [2.05, 4.69) is 10.5 Å². The normalized spacial score (nSPS) is 19.2. The summed E-state index contributed by atoms with van der Waals surface area (Å²) in [5.41, 5.74) is 2.47. The van der Waals surface area contributed by atoms with Gasteiger partial charge in [0.2, 0.25) is 5.91 Å². The molecule has 1 aliphatic rings. The van der Waals surface area contributed by atoms with Crippen LogP contribution >= 0.6 is 0 Å². The topological polar surface area (TPSA) is 50.7 Å². The van der Waals surface area contributed by atoms with Crippen molar-refractivity contribution >= 4 is 12.1 Å². The van der Waals surface area contributed by atoms with Gasteiger partial charge >= 0.3 is 0 Å². The average molecular weight is 184 g/mol. The lowest BCUT2D eigenvalue weighted by molar-refractivity contribution is -0.120. The summed E-state index contributed by atoms with van der Waals surface area (Å²) in [5.74, 6) is 0.425. The standard InChI is InChI=1S/C9H16N2O2/c1-2-9(12)11-10-7-8-3-5-13-6-4-8/h7-8H,2-6H2,1H3,(H,11,12)/b10-7+. The molecule has 1 rings (SSSR count). The Morgan fingerprint density at radius 3 is 2.92 bits per heavy atom. The van der Waals surface area contributed by atoms with Gasteiger partial charge in [-0.1, -0.05) is 6.92 Å². The number of nitrogens with zero attached hydrogens (tertiary/aromatic N) is 1. The molecule has 1 saturated heterocycles. The molecule has 0 spiro atoms. The molecule has 1 aliphatic heterocycles. The van der Waals surface area contributed by atoms with Crippen LogP contribution in [0.5, 0.6) is 0 Å². The maximum Gasteiger partial charge on any atom is 0.239 e. The SMILES string of the molecule is CCC(=O)N/N=C/C1CCOCC1. The molecular formula is C9H16N2O2. The van der Waals surface area contributed by atoms with Gasteiger partial charge in [-0.2, -0.15) is 5.10 Å². The van der Waals surface area contributed by atoms with Gasteiger partial charge in [-0.3, -0.25) is 4.79 Å². The quantitative estimate of drug-likeness (QED) is 0.524. The maximum absolute atomic E-state index is 10.8. The highest BCUT2D eigenvalue weighted by molar-refractivity contribution is 5.76. The predicted molar refractivity (Wildman–Crippen MR) is 50.5 cm³/mol. The first-order valence-electron chi connectivity index (χ1n) is 4.72. The Morgan fingerprint density at radius 2 is 2.31 bits per heavy atom. The molecule has 1 N–H and O–H groups in total. The first-order valence-corrected chi connectivity index (χ1v) is 4.72. The summed E-state index contributed by atoms with van der Waals surface area (Å²) in [6.45, 7) is 3.41. The lowest BCUT2D eigenvalue weighted by atomic mass is 10.0. The second-order valence-electron chi connectivity index (χ2n) is 3.12. The second-order valence-corrected chi connectivity index (χ2v) is 3.12. The van der Waals surface area contributed by atoms with Crippen LogP contribution in [0.3, 0.4) is 0 Å². The van der Waals surface area contributed by atoms with Gasteiger partial charge in [0.15, 0.2) is 0 Å². The molecular weight excluding hydrogens is 168 g/mol. The zero-order chi connectivity index (χ0) is 9.52. The average Bonchev–Trinajstić information content (AvgIpc) is 2.19. The van der Waals surface area contributed by atoms with Crippen molar-refractivity contribution in [2.45, 2.75) is 26.2 Å². The monoisotopic (exact) mass is 184 g/mol. The maximum atomic E-state index is 10.8. The van der Waals surface area contributed by atoms with Crippen molar-refractivity contribution in [3.8, 4) is 0 Å². The molecule has 0 atom stereocenters. The molecule has 0 radical (unpaired) electrons. The van der Waals surface area contributed by atoms with Gasteiger partial charge in [-0.15, -0.1) is 0 Å². The zero-order valence-electron chi connectivity index (χ0n) is 7.95. The first kappa shape index (κ1) is 10.2. The number of hydrazone groups is 1. The predicted octanol–water partition coefficient (Wildman–Crippen LogP) is 0.925. The second kappa shape index (κ2) is 5.70. The number of carbonyl (C=O) groups excluding carboxylic acids is 1. The molecule has 1 fully saturated rings. The molecule has 4 heteroatoms. The van der Waals surface area contributed by atoms with Crippen molar-refractivity contribution in [1.82, 2.24) is 5.43 Å². The molecule has 0 aromatic rings. The number of hydrogen-bond donors (Lipinski definition) is 1. The van der Waals surface area contributed by atoms with Gasteiger partial charge in [-0.25, -0.2) is 5.43 Å². The van der Waals surface area contributed by atoms with Crippen LogP contribution in [-0.4, -0.2) is 25.3 Å². The Bertz CT molecular complexity index is 186. The summed E-state index contributed by atoms with van der Waals surface area (Å²) >= 11 is 0. The van der Waals surface area contributed by atoms with Gasteiger partial charge in [0.05, 0.1) is 0 Å². The minimum Gasteiger partial charge on any atom is -0.381 e. The van der Waals surface area contributed by atoms with Crippen molar-refractivity contribution in [3.63, 3.8) is 0 Å². The summed E-state index contributed by atoms with van der Waals surface area (Å²) in [6, 6.07) is 0. The van der Waals surface area contributed by atoms with E-state index >= 15 is 0 Å². The van der Waals surface area contributed by atoms with Crippen LogP contribution in [0.2, 0.25) is 0 Å². The van der Waals surface area contributed by atoms with Crippen molar-refractivity contribution in [2.24, 2.45) is 11.0 Å². The van der Waals surface area contributed by atoms with Crippen molar-refractivity contribution < 1.29 is 9.53 Å². The number of hydrogen-bond acceptors (Lipinski definition) is 3. The molecule has 4 nitrogen and oxygen atoms in total. The van der Waals surface area contributed by atoms with E-state index in [0.29, 0.717) is 12.3 Å². The van der Waals surface area contributed by atoms with Gasteiger partial charge in [-0.05, 0) is 12.8 Å². The molecule has 0 bridgehead atoms. The van der Waals surface area contributed by atoms with Crippen LogP contribution in [-0.2, 0) is 9.53 Å². The largest absolute Gasteiger partial charge is 0.381 e. The molecule has 74 valence electrons. The summed E-state index contributed by atoms with van der Waals surface area (Å²) < 4.78 is 5.20. The fraction of sp³-hybridized carbons (Fsp3) is 0.778. The minimum absolute atomic E-state index is 0.0386. The number of nitrogens with one attached hydrogen (secondary N) is 1. The molecule has 1 amide bonds.